The van der Waals surface area contributed by atoms with Crippen LogP contribution in [0.1, 0.15) is 12.0 Å². The largest absolute Gasteiger partial charge is 0.493 e. The van der Waals surface area contributed by atoms with Gasteiger partial charge in [0.25, 0.3) is 9.05 Å². The van der Waals surface area contributed by atoms with Gasteiger partial charge in [-0.3, -0.25) is 4.79 Å². The normalized spacial score (nSPS) is 11.2. The maximum absolute atomic E-state index is 11.1. The molecule has 0 unspecified atom stereocenters. The first kappa shape index (κ1) is 13.8. The summed E-state index contributed by atoms with van der Waals surface area (Å²) < 4.78 is 27.5. The van der Waals surface area contributed by atoms with Gasteiger partial charge in [0, 0.05) is 10.7 Å². The Balaban J connectivity index is 2.79. The molecule has 0 spiro atoms. The number of ether oxygens (including phenoxy) is 1. The molecule has 1 aromatic carbocycles. The van der Waals surface area contributed by atoms with E-state index in [1.165, 1.54) is 18.2 Å². The van der Waals surface area contributed by atoms with E-state index in [2.05, 4.69) is 0 Å². The zero-order valence-electron chi connectivity index (χ0n) is 9.14. The Morgan fingerprint density at radius 1 is 1.47 bits per heavy atom. The first-order valence-corrected chi connectivity index (χ1v) is 7.08. The molecule has 0 saturated carbocycles. The van der Waals surface area contributed by atoms with Crippen molar-refractivity contribution in [3.63, 3.8) is 0 Å². The van der Waals surface area contributed by atoms with Crippen LogP contribution in [0.5, 0.6) is 5.75 Å². The lowest BCUT2D eigenvalue weighted by Crippen LogP contribution is -2.14. The second-order valence-electron chi connectivity index (χ2n) is 3.43. The molecule has 0 saturated heterocycles. The number of amides is 1. The van der Waals surface area contributed by atoms with Gasteiger partial charge in [0.2, 0.25) is 5.91 Å². The van der Waals surface area contributed by atoms with Crippen LogP contribution in [-0.2, 0) is 13.8 Å². The molecular formula is C10H12ClNO4S. The van der Waals surface area contributed by atoms with Crippen molar-refractivity contribution in [2.45, 2.75) is 18.2 Å². The highest BCUT2D eigenvalue weighted by molar-refractivity contribution is 8.13. The fourth-order valence-electron chi connectivity index (χ4n) is 1.25. The monoisotopic (exact) mass is 277 g/mol. The van der Waals surface area contributed by atoms with E-state index in [0.29, 0.717) is 11.3 Å². The lowest BCUT2D eigenvalue weighted by Gasteiger charge is -2.07. The van der Waals surface area contributed by atoms with Gasteiger partial charge in [-0.25, -0.2) is 8.42 Å². The Morgan fingerprint density at radius 2 is 2.12 bits per heavy atom. The smallest absolute Gasteiger partial charge is 0.261 e. The lowest BCUT2D eigenvalue weighted by molar-refractivity contribution is -0.118. The lowest BCUT2D eigenvalue weighted by atomic mass is 10.2. The average molecular weight is 278 g/mol. The van der Waals surface area contributed by atoms with Gasteiger partial charge in [-0.1, -0.05) is 0 Å². The van der Waals surface area contributed by atoms with E-state index < -0.39 is 15.0 Å². The Kier molecular flexibility index (Phi) is 4.36. The number of rotatable bonds is 5. The summed E-state index contributed by atoms with van der Waals surface area (Å²) >= 11 is 0. The van der Waals surface area contributed by atoms with Crippen molar-refractivity contribution >= 4 is 25.6 Å². The molecule has 0 radical (unpaired) electrons. The van der Waals surface area contributed by atoms with E-state index in [4.69, 9.17) is 21.2 Å². The van der Waals surface area contributed by atoms with Gasteiger partial charge in [0.05, 0.1) is 17.9 Å². The Bertz CT molecular complexity index is 527. The first-order valence-electron chi connectivity index (χ1n) is 4.77. The van der Waals surface area contributed by atoms with E-state index >= 15 is 0 Å². The fourth-order valence-corrected chi connectivity index (χ4v) is 2.45. The van der Waals surface area contributed by atoms with Crippen LogP contribution in [0.15, 0.2) is 23.1 Å². The highest BCUT2D eigenvalue weighted by Crippen LogP contribution is 2.23. The molecule has 0 atom stereocenters. The van der Waals surface area contributed by atoms with Crippen molar-refractivity contribution in [2.75, 3.05) is 6.61 Å². The zero-order chi connectivity index (χ0) is 13.1. The molecule has 0 aliphatic carbocycles. The minimum Gasteiger partial charge on any atom is -0.493 e. The predicted molar refractivity (Wildman–Crippen MR) is 63.5 cm³/mol. The van der Waals surface area contributed by atoms with Crippen molar-refractivity contribution in [1.29, 1.82) is 0 Å². The molecule has 94 valence electrons. The Labute approximate surface area is 104 Å². The van der Waals surface area contributed by atoms with Crippen molar-refractivity contribution < 1.29 is 17.9 Å². The van der Waals surface area contributed by atoms with E-state index in [1.54, 1.807) is 6.92 Å². The molecular weight excluding hydrogens is 266 g/mol. The van der Waals surface area contributed by atoms with Crippen molar-refractivity contribution in [1.82, 2.24) is 0 Å². The second kappa shape index (κ2) is 5.37. The van der Waals surface area contributed by atoms with E-state index in [1.807, 2.05) is 0 Å². The summed E-state index contributed by atoms with van der Waals surface area (Å²) in [5.74, 6) is 0.00879. The first-order chi connectivity index (χ1) is 7.80. The van der Waals surface area contributed by atoms with Gasteiger partial charge < -0.3 is 10.5 Å². The SMILES string of the molecule is Cc1cc(OCCC(N)=O)ccc1S(=O)(=O)Cl. The summed E-state index contributed by atoms with van der Waals surface area (Å²) in [5.41, 5.74) is 5.43. The van der Waals surface area contributed by atoms with Gasteiger partial charge in [-0.05, 0) is 30.7 Å². The number of carbonyl (C=O) groups is 1. The molecule has 0 aliphatic rings. The summed E-state index contributed by atoms with van der Waals surface area (Å²) in [6.45, 7) is 1.76. The summed E-state index contributed by atoms with van der Waals surface area (Å²) in [6, 6.07) is 4.37. The van der Waals surface area contributed by atoms with Crippen LogP contribution in [0.3, 0.4) is 0 Å². The van der Waals surface area contributed by atoms with Crippen LogP contribution < -0.4 is 10.5 Å². The molecule has 0 bridgehead atoms. The summed E-state index contributed by atoms with van der Waals surface area (Å²) in [6.07, 6.45) is 0.106. The quantitative estimate of drug-likeness (QED) is 0.819. The standard InChI is InChI=1S/C10H12ClNO4S/c1-7-6-8(16-5-4-10(12)13)2-3-9(7)17(11,14)15/h2-3,6H,4-5H2,1H3,(H2,12,13). The molecule has 1 rings (SSSR count). The van der Waals surface area contributed by atoms with E-state index in [-0.39, 0.29) is 17.9 Å². The summed E-state index contributed by atoms with van der Waals surface area (Å²) in [5, 5.41) is 0. The number of halogens is 1. The molecule has 1 amide bonds. The van der Waals surface area contributed by atoms with Crippen LogP contribution in [0.2, 0.25) is 0 Å². The van der Waals surface area contributed by atoms with E-state index in [9.17, 15) is 13.2 Å². The Morgan fingerprint density at radius 3 is 2.59 bits per heavy atom. The van der Waals surface area contributed by atoms with Crippen LogP contribution >= 0.6 is 10.7 Å². The molecule has 7 heteroatoms. The second-order valence-corrected chi connectivity index (χ2v) is 5.96. The molecule has 0 heterocycles. The predicted octanol–water partition coefficient (Wildman–Crippen LogP) is 1.18. The van der Waals surface area contributed by atoms with Crippen LogP contribution in [0.25, 0.3) is 0 Å². The number of primary amides is 1. The van der Waals surface area contributed by atoms with Crippen LogP contribution in [0, 0.1) is 6.92 Å². The number of carbonyl (C=O) groups excluding carboxylic acids is 1. The highest BCUT2D eigenvalue weighted by Gasteiger charge is 2.13. The minimum absolute atomic E-state index is 0.0430. The average Bonchev–Trinajstić information content (AvgIpc) is 2.14. The topological polar surface area (TPSA) is 86.5 Å². The molecule has 17 heavy (non-hydrogen) atoms. The van der Waals surface area contributed by atoms with Crippen molar-refractivity contribution in [3.8, 4) is 5.75 Å². The van der Waals surface area contributed by atoms with Gasteiger partial charge >= 0.3 is 0 Å². The molecule has 5 nitrogen and oxygen atoms in total. The van der Waals surface area contributed by atoms with Crippen LogP contribution in [0.4, 0.5) is 0 Å². The van der Waals surface area contributed by atoms with Gasteiger partial charge in [0.1, 0.15) is 5.75 Å². The van der Waals surface area contributed by atoms with Crippen molar-refractivity contribution in [3.05, 3.63) is 23.8 Å². The third kappa shape index (κ3) is 4.24. The number of nitrogens with two attached hydrogens (primary N) is 1. The number of hydrogen-bond donors (Lipinski definition) is 1. The number of hydrogen-bond acceptors (Lipinski definition) is 4. The van der Waals surface area contributed by atoms with Crippen molar-refractivity contribution in [2.24, 2.45) is 5.73 Å². The third-order valence-corrected chi connectivity index (χ3v) is 3.51. The molecule has 2 N–H and O–H groups in total. The van der Waals surface area contributed by atoms with Crippen LogP contribution in [-0.4, -0.2) is 20.9 Å². The minimum atomic E-state index is -3.74. The van der Waals surface area contributed by atoms with Gasteiger partial charge in [0.15, 0.2) is 0 Å². The fraction of sp³-hybridized carbons (Fsp3) is 0.300. The third-order valence-electron chi connectivity index (χ3n) is 2.03. The summed E-state index contributed by atoms with van der Waals surface area (Å²) in [4.78, 5) is 10.5. The molecule has 0 aromatic heterocycles. The highest BCUT2D eigenvalue weighted by atomic mass is 35.7. The van der Waals surface area contributed by atoms with Gasteiger partial charge in [-0.15, -0.1) is 0 Å². The van der Waals surface area contributed by atoms with E-state index in [0.717, 1.165) is 0 Å². The maximum atomic E-state index is 11.1. The maximum Gasteiger partial charge on any atom is 0.261 e. The number of benzene rings is 1. The zero-order valence-corrected chi connectivity index (χ0v) is 10.7. The van der Waals surface area contributed by atoms with Gasteiger partial charge in [-0.2, -0.15) is 0 Å². The summed E-state index contributed by atoms with van der Waals surface area (Å²) in [7, 11) is 1.49. The molecule has 0 aliphatic heterocycles. The molecule has 0 fully saturated rings. The Hall–Kier alpha value is -1.27. The number of aryl methyl sites for hydroxylation is 1. The molecule has 1 aromatic rings.